The monoisotopic (exact) mass is 273 g/mol. The Balaban J connectivity index is 2.02. The van der Waals surface area contributed by atoms with Crippen LogP contribution in [0.2, 0.25) is 0 Å². The Bertz CT molecular complexity index is 464. The zero-order chi connectivity index (χ0) is 14.2. The van der Waals surface area contributed by atoms with Gasteiger partial charge in [0, 0.05) is 31.2 Å². The van der Waals surface area contributed by atoms with Crippen LogP contribution in [0.3, 0.4) is 0 Å². The SMILES string of the molecule is N#CCCN(C(=O)CC1COCCN1)c1ccccc1. The minimum atomic E-state index is 0.0226. The van der Waals surface area contributed by atoms with Gasteiger partial charge in [-0.2, -0.15) is 5.26 Å². The fourth-order valence-corrected chi connectivity index (χ4v) is 2.24. The Morgan fingerprint density at radius 3 is 2.90 bits per heavy atom. The molecule has 5 heteroatoms. The lowest BCUT2D eigenvalue weighted by Gasteiger charge is -2.27. The summed E-state index contributed by atoms with van der Waals surface area (Å²) in [6.07, 6.45) is 0.718. The van der Waals surface area contributed by atoms with Crippen molar-refractivity contribution in [3.8, 4) is 6.07 Å². The van der Waals surface area contributed by atoms with Gasteiger partial charge in [0.1, 0.15) is 0 Å². The van der Waals surface area contributed by atoms with Crippen molar-refractivity contribution in [1.29, 1.82) is 5.26 Å². The number of rotatable bonds is 5. The number of nitriles is 1. The number of anilines is 1. The zero-order valence-corrected chi connectivity index (χ0v) is 11.4. The van der Waals surface area contributed by atoms with E-state index >= 15 is 0 Å². The van der Waals surface area contributed by atoms with Gasteiger partial charge < -0.3 is 15.0 Å². The molecule has 5 nitrogen and oxygen atoms in total. The number of hydrogen-bond acceptors (Lipinski definition) is 4. The predicted molar refractivity (Wildman–Crippen MR) is 76.3 cm³/mol. The molecular formula is C15H19N3O2. The minimum absolute atomic E-state index is 0.0226. The van der Waals surface area contributed by atoms with E-state index in [4.69, 9.17) is 10.00 Å². The number of ether oxygens (including phenoxy) is 1. The van der Waals surface area contributed by atoms with E-state index in [1.165, 1.54) is 0 Å². The van der Waals surface area contributed by atoms with E-state index in [1.807, 2.05) is 30.3 Å². The van der Waals surface area contributed by atoms with Crippen LogP contribution in [0.4, 0.5) is 5.69 Å². The van der Waals surface area contributed by atoms with E-state index < -0.39 is 0 Å². The van der Waals surface area contributed by atoms with E-state index in [1.54, 1.807) is 4.90 Å². The largest absolute Gasteiger partial charge is 0.378 e. The van der Waals surface area contributed by atoms with Crippen molar-refractivity contribution in [3.63, 3.8) is 0 Å². The molecule has 0 aliphatic carbocycles. The molecular weight excluding hydrogens is 254 g/mol. The highest BCUT2D eigenvalue weighted by atomic mass is 16.5. The molecule has 0 aromatic heterocycles. The van der Waals surface area contributed by atoms with Crippen LogP contribution in [0.5, 0.6) is 0 Å². The molecule has 1 aromatic rings. The van der Waals surface area contributed by atoms with Crippen LogP contribution in [0, 0.1) is 11.3 Å². The lowest BCUT2D eigenvalue weighted by molar-refractivity contribution is -0.119. The summed E-state index contributed by atoms with van der Waals surface area (Å²) in [5, 5.41) is 12.0. The van der Waals surface area contributed by atoms with E-state index in [2.05, 4.69) is 11.4 Å². The summed E-state index contributed by atoms with van der Waals surface area (Å²) in [5.41, 5.74) is 0.837. The molecule has 1 fully saturated rings. The standard InChI is InChI=1S/C15H19N3O2/c16-7-4-9-18(14-5-2-1-3-6-14)15(19)11-13-12-20-10-8-17-13/h1-3,5-6,13,17H,4,8-12H2. The molecule has 0 saturated carbocycles. The van der Waals surface area contributed by atoms with Crippen LogP contribution < -0.4 is 10.2 Å². The topological polar surface area (TPSA) is 65.4 Å². The van der Waals surface area contributed by atoms with Crippen LogP contribution in [0.15, 0.2) is 30.3 Å². The first kappa shape index (κ1) is 14.5. The first-order chi connectivity index (χ1) is 9.81. The Hall–Kier alpha value is -1.90. The smallest absolute Gasteiger partial charge is 0.228 e. The molecule has 1 aliphatic heterocycles. The first-order valence-electron chi connectivity index (χ1n) is 6.85. The molecule has 1 saturated heterocycles. The quantitative estimate of drug-likeness (QED) is 0.878. The molecule has 1 amide bonds. The van der Waals surface area contributed by atoms with Gasteiger partial charge >= 0.3 is 0 Å². The van der Waals surface area contributed by atoms with E-state index in [0.717, 1.165) is 12.2 Å². The van der Waals surface area contributed by atoms with Crippen molar-refractivity contribution in [1.82, 2.24) is 5.32 Å². The molecule has 1 N–H and O–H groups in total. The lowest BCUT2D eigenvalue weighted by atomic mass is 10.1. The normalized spacial score (nSPS) is 18.2. The van der Waals surface area contributed by atoms with Gasteiger partial charge in [-0.1, -0.05) is 18.2 Å². The second kappa shape index (κ2) is 7.63. The van der Waals surface area contributed by atoms with Crippen LogP contribution in [0.25, 0.3) is 0 Å². The van der Waals surface area contributed by atoms with Gasteiger partial charge in [0.2, 0.25) is 5.91 Å². The van der Waals surface area contributed by atoms with Gasteiger partial charge in [0.15, 0.2) is 0 Å². The molecule has 1 heterocycles. The van der Waals surface area contributed by atoms with Crippen molar-refractivity contribution >= 4 is 11.6 Å². The number of carbonyl (C=O) groups excluding carboxylic acids is 1. The van der Waals surface area contributed by atoms with Crippen LogP contribution in [-0.2, 0) is 9.53 Å². The molecule has 2 rings (SSSR count). The Labute approximate surface area is 119 Å². The van der Waals surface area contributed by atoms with E-state index in [0.29, 0.717) is 32.6 Å². The summed E-state index contributed by atoms with van der Waals surface area (Å²) in [7, 11) is 0. The number of para-hydroxylation sites is 1. The van der Waals surface area contributed by atoms with Gasteiger partial charge in [-0.25, -0.2) is 0 Å². The lowest BCUT2D eigenvalue weighted by Crippen LogP contribution is -2.45. The summed E-state index contributed by atoms with van der Waals surface area (Å²) in [5.74, 6) is 0.0226. The number of nitrogens with one attached hydrogen (secondary N) is 1. The molecule has 0 radical (unpaired) electrons. The van der Waals surface area contributed by atoms with Gasteiger partial charge in [-0.15, -0.1) is 0 Å². The average molecular weight is 273 g/mol. The van der Waals surface area contributed by atoms with Gasteiger partial charge in [-0.05, 0) is 12.1 Å². The number of morpholine rings is 1. The predicted octanol–water partition coefficient (Wildman–Crippen LogP) is 1.31. The minimum Gasteiger partial charge on any atom is -0.378 e. The maximum atomic E-state index is 12.4. The number of nitrogens with zero attached hydrogens (tertiary/aromatic N) is 2. The highest BCUT2D eigenvalue weighted by Crippen LogP contribution is 2.16. The van der Waals surface area contributed by atoms with E-state index in [-0.39, 0.29) is 11.9 Å². The fourth-order valence-electron chi connectivity index (χ4n) is 2.24. The third-order valence-corrected chi connectivity index (χ3v) is 3.24. The molecule has 0 bridgehead atoms. The van der Waals surface area contributed by atoms with E-state index in [9.17, 15) is 4.79 Å². The van der Waals surface area contributed by atoms with Gasteiger partial charge in [0.25, 0.3) is 0 Å². The van der Waals surface area contributed by atoms with Crippen LogP contribution >= 0.6 is 0 Å². The molecule has 1 aromatic carbocycles. The van der Waals surface area contributed by atoms with Crippen molar-refractivity contribution in [2.45, 2.75) is 18.9 Å². The van der Waals surface area contributed by atoms with Crippen LogP contribution in [0.1, 0.15) is 12.8 Å². The number of benzene rings is 1. The average Bonchev–Trinajstić information content (AvgIpc) is 2.50. The fraction of sp³-hybridized carbons (Fsp3) is 0.467. The zero-order valence-electron chi connectivity index (χ0n) is 11.4. The summed E-state index contributed by atoms with van der Waals surface area (Å²) < 4.78 is 5.36. The number of amides is 1. The maximum absolute atomic E-state index is 12.4. The molecule has 1 aliphatic rings. The molecule has 1 atom stereocenters. The highest BCUT2D eigenvalue weighted by Gasteiger charge is 2.21. The Morgan fingerprint density at radius 1 is 1.45 bits per heavy atom. The van der Waals surface area contributed by atoms with Crippen molar-refractivity contribution < 1.29 is 9.53 Å². The first-order valence-corrected chi connectivity index (χ1v) is 6.85. The third kappa shape index (κ3) is 4.05. The molecule has 20 heavy (non-hydrogen) atoms. The van der Waals surface area contributed by atoms with Crippen molar-refractivity contribution in [2.24, 2.45) is 0 Å². The third-order valence-electron chi connectivity index (χ3n) is 3.24. The summed E-state index contributed by atoms with van der Waals surface area (Å²) >= 11 is 0. The Morgan fingerprint density at radius 2 is 2.25 bits per heavy atom. The van der Waals surface area contributed by atoms with Gasteiger partial charge in [-0.3, -0.25) is 4.79 Å². The van der Waals surface area contributed by atoms with Crippen LogP contribution in [-0.4, -0.2) is 38.3 Å². The second-order valence-electron chi connectivity index (χ2n) is 4.72. The summed E-state index contributed by atoms with van der Waals surface area (Å²) in [4.78, 5) is 14.1. The maximum Gasteiger partial charge on any atom is 0.228 e. The summed E-state index contributed by atoms with van der Waals surface area (Å²) in [6.45, 7) is 2.46. The number of carbonyl (C=O) groups is 1. The second-order valence-corrected chi connectivity index (χ2v) is 4.72. The Kier molecular flexibility index (Phi) is 5.54. The number of hydrogen-bond donors (Lipinski definition) is 1. The molecule has 106 valence electrons. The highest BCUT2D eigenvalue weighted by molar-refractivity contribution is 5.93. The van der Waals surface area contributed by atoms with Gasteiger partial charge in [0.05, 0.1) is 25.7 Å². The van der Waals surface area contributed by atoms with Crippen molar-refractivity contribution in [3.05, 3.63) is 30.3 Å². The summed E-state index contributed by atoms with van der Waals surface area (Å²) in [6, 6.07) is 11.6. The molecule has 0 spiro atoms. The molecule has 1 unspecified atom stereocenters. The van der Waals surface area contributed by atoms with Crippen molar-refractivity contribution in [2.75, 3.05) is 31.2 Å².